The number of aryl methyl sites for hydroxylation is 1. The highest BCUT2D eigenvalue weighted by molar-refractivity contribution is 6.28. The molecule has 2 N–H and O–H groups in total. The van der Waals surface area contributed by atoms with Gasteiger partial charge in [0.05, 0.1) is 11.4 Å². The summed E-state index contributed by atoms with van der Waals surface area (Å²) in [5.74, 6) is 1.46. The lowest BCUT2D eigenvalue weighted by atomic mass is 10.1. The molecule has 1 aromatic heterocycles. The van der Waals surface area contributed by atoms with Crippen LogP contribution in [-0.2, 0) is 0 Å². The second-order valence-corrected chi connectivity index (χ2v) is 5.00. The van der Waals surface area contributed by atoms with Crippen molar-refractivity contribution < 1.29 is 0 Å². The highest BCUT2D eigenvalue weighted by Gasteiger charge is 2.29. The van der Waals surface area contributed by atoms with Crippen molar-refractivity contribution in [2.75, 3.05) is 17.2 Å². The van der Waals surface area contributed by atoms with Crippen LogP contribution in [0.3, 0.4) is 0 Å². The number of nitrogens with zero attached hydrogens (tertiary/aromatic N) is 3. The van der Waals surface area contributed by atoms with Crippen LogP contribution in [0.4, 0.5) is 11.5 Å². The van der Waals surface area contributed by atoms with Crippen LogP contribution in [0.2, 0.25) is 5.28 Å². The van der Waals surface area contributed by atoms with Gasteiger partial charge in [0.1, 0.15) is 0 Å². The van der Waals surface area contributed by atoms with Crippen molar-refractivity contribution in [3.05, 3.63) is 11.0 Å². The quantitative estimate of drug-likeness (QED) is 0.765. The minimum atomic E-state index is 0.272. The zero-order chi connectivity index (χ0) is 11.9. The summed E-state index contributed by atoms with van der Waals surface area (Å²) in [5.41, 5.74) is 7.41. The first-order valence-electron chi connectivity index (χ1n) is 5.55. The van der Waals surface area contributed by atoms with Crippen LogP contribution in [-0.4, -0.2) is 22.6 Å². The normalized spacial score (nSPS) is 25.1. The molecule has 0 spiro atoms. The minimum Gasteiger partial charge on any atom is -0.394 e. The Morgan fingerprint density at radius 3 is 2.62 bits per heavy atom. The summed E-state index contributed by atoms with van der Waals surface area (Å²) in [6.07, 6.45) is 1.17. The van der Waals surface area contributed by atoms with Crippen molar-refractivity contribution in [3.63, 3.8) is 0 Å². The van der Waals surface area contributed by atoms with E-state index < -0.39 is 0 Å². The lowest BCUT2D eigenvalue weighted by Crippen LogP contribution is -2.29. The first-order valence-corrected chi connectivity index (χ1v) is 5.93. The Balaban J connectivity index is 2.40. The second kappa shape index (κ2) is 4.09. The van der Waals surface area contributed by atoms with E-state index in [0.717, 1.165) is 18.1 Å². The number of hydrogen-bond donors (Lipinski definition) is 1. The van der Waals surface area contributed by atoms with Gasteiger partial charge in [-0.1, -0.05) is 6.92 Å². The van der Waals surface area contributed by atoms with Crippen molar-refractivity contribution >= 4 is 23.1 Å². The summed E-state index contributed by atoms with van der Waals surface area (Å²) in [7, 11) is 0. The average molecular weight is 241 g/mol. The molecule has 0 radical (unpaired) electrons. The fraction of sp³-hybridized carbons (Fsp3) is 0.636. The van der Waals surface area contributed by atoms with Gasteiger partial charge in [0.25, 0.3) is 0 Å². The third-order valence-electron chi connectivity index (χ3n) is 3.14. The van der Waals surface area contributed by atoms with Gasteiger partial charge in [-0.15, -0.1) is 0 Å². The zero-order valence-electron chi connectivity index (χ0n) is 9.87. The number of nitrogen functional groups attached to an aromatic ring is 1. The lowest BCUT2D eigenvalue weighted by Gasteiger charge is -2.24. The van der Waals surface area contributed by atoms with Crippen LogP contribution < -0.4 is 10.6 Å². The van der Waals surface area contributed by atoms with Crippen molar-refractivity contribution in [2.24, 2.45) is 5.92 Å². The largest absolute Gasteiger partial charge is 0.394 e. The van der Waals surface area contributed by atoms with Crippen LogP contribution in [0.15, 0.2) is 0 Å². The van der Waals surface area contributed by atoms with Gasteiger partial charge < -0.3 is 10.6 Å². The molecule has 1 aliphatic rings. The molecule has 1 aliphatic heterocycles. The van der Waals surface area contributed by atoms with E-state index in [9.17, 15) is 0 Å². The maximum atomic E-state index is 6.01. The molecule has 5 heteroatoms. The van der Waals surface area contributed by atoms with E-state index >= 15 is 0 Å². The van der Waals surface area contributed by atoms with E-state index in [0.29, 0.717) is 17.6 Å². The number of anilines is 2. The maximum absolute atomic E-state index is 6.01. The molecule has 0 aromatic carbocycles. The fourth-order valence-electron chi connectivity index (χ4n) is 2.35. The smallest absolute Gasteiger partial charge is 0.224 e. The Morgan fingerprint density at radius 2 is 2.06 bits per heavy atom. The van der Waals surface area contributed by atoms with Gasteiger partial charge in [-0.3, -0.25) is 0 Å². The van der Waals surface area contributed by atoms with Crippen LogP contribution in [0.1, 0.15) is 26.0 Å². The molecule has 0 aliphatic carbocycles. The van der Waals surface area contributed by atoms with Crippen LogP contribution in [0.5, 0.6) is 0 Å². The maximum Gasteiger partial charge on any atom is 0.224 e. The third kappa shape index (κ3) is 1.94. The first-order chi connectivity index (χ1) is 7.49. The summed E-state index contributed by atoms with van der Waals surface area (Å²) >= 11 is 5.88. The molecule has 0 bridgehead atoms. The average Bonchev–Trinajstić information content (AvgIpc) is 2.51. The molecule has 1 saturated heterocycles. The summed E-state index contributed by atoms with van der Waals surface area (Å²) < 4.78 is 0. The number of rotatable bonds is 1. The Kier molecular flexibility index (Phi) is 2.93. The van der Waals surface area contributed by atoms with E-state index in [1.54, 1.807) is 0 Å². The van der Waals surface area contributed by atoms with Crippen LogP contribution in [0, 0.1) is 12.8 Å². The highest BCUT2D eigenvalue weighted by atomic mass is 35.5. The van der Waals surface area contributed by atoms with Gasteiger partial charge in [-0.25, -0.2) is 4.98 Å². The standard InChI is InChI=1S/C11H17ClN4/c1-6-4-7(2)16(5-6)10-9(13)8(3)14-11(12)15-10/h6-7H,4-5,13H2,1-3H3. The van der Waals surface area contributed by atoms with E-state index in [-0.39, 0.29) is 5.28 Å². The predicted octanol–water partition coefficient (Wildman–Crippen LogP) is 2.26. The number of aromatic nitrogens is 2. The molecule has 2 heterocycles. The molecule has 4 nitrogen and oxygen atoms in total. The molecule has 2 atom stereocenters. The minimum absolute atomic E-state index is 0.272. The monoisotopic (exact) mass is 240 g/mol. The second-order valence-electron chi connectivity index (χ2n) is 4.66. The predicted molar refractivity (Wildman–Crippen MR) is 66.8 cm³/mol. The molecule has 0 saturated carbocycles. The van der Waals surface area contributed by atoms with Gasteiger partial charge in [-0.2, -0.15) is 4.98 Å². The van der Waals surface area contributed by atoms with Gasteiger partial charge in [0.2, 0.25) is 5.28 Å². The van der Waals surface area contributed by atoms with Gasteiger partial charge in [0, 0.05) is 12.6 Å². The van der Waals surface area contributed by atoms with Gasteiger partial charge >= 0.3 is 0 Å². The number of nitrogens with two attached hydrogens (primary N) is 1. The topological polar surface area (TPSA) is 55.0 Å². The van der Waals surface area contributed by atoms with E-state index in [2.05, 4.69) is 28.7 Å². The summed E-state index contributed by atoms with van der Waals surface area (Å²) in [6.45, 7) is 7.27. The number of halogens is 1. The molecule has 2 unspecified atom stereocenters. The van der Waals surface area contributed by atoms with E-state index in [1.165, 1.54) is 6.42 Å². The van der Waals surface area contributed by atoms with Crippen LogP contribution in [0.25, 0.3) is 0 Å². The lowest BCUT2D eigenvalue weighted by molar-refractivity contribution is 0.625. The molecular weight excluding hydrogens is 224 g/mol. The number of hydrogen-bond acceptors (Lipinski definition) is 4. The van der Waals surface area contributed by atoms with E-state index in [4.69, 9.17) is 17.3 Å². The Morgan fingerprint density at radius 1 is 1.38 bits per heavy atom. The van der Waals surface area contributed by atoms with Gasteiger partial charge in [0.15, 0.2) is 5.82 Å². The SMILES string of the molecule is Cc1nc(Cl)nc(N2CC(C)CC2C)c1N. The van der Waals surface area contributed by atoms with E-state index in [1.807, 2.05) is 6.92 Å². The summed E-state index contributed by atoms with van der Waals surface area (Å²) in [6, 6.07) is 0.461. The van der Waals surface area contributed by atoms with Crippen molar-refractivity contribution in [1.29, 1.82) is 0 Å². The van der Waals surface area contributed by atoms with Crippen molar-refractivity contribution in [1.82, 2.24) is 9.97 Å². The van der Waals surface area contributed by atoms with Crippen LogP contribution >= 0.6 is 11.6 Å². The molecule has 16 heavy (non-hydrogen) atoms. The molecule has 1 fully saturated rings. The van der Waals surface area contributed by atoms with Crippen molar-refractivity contribution in [2.45, 2.75) is 33.2 Å². The molecule has 88 valence electrons. The van der Waals surface area contributed by atoms with Crippen molar-refractivity contribution in [3.8, 4) is 0 Å². The zero-order valence-corrected chi connectivity index (χ0v) is 10.6. The first kappa shape index (κ1) is 11.5. The molecule has 1 aromatic rings. The highest BCUT2D eigenvalue weighted by Crippen LogP contribution is 2.32. The summed E-state index contributed by atoms with van der Waals surface area (Å²) in [5, 5.41) is 0.272. The molecule has 2 rings (SSSR count). The fourth-order valence-corrected chi connectivity index (χ4v) is 2.55. The third-order valence-corrected chi connectivity index (χ3v) is 3.31. The Bertz CT molecular complexity index is 407. The molecule has 0 amide bonds. The Labute approximate surface area is 101 Å². The Hall–Kier alpha value is -1.03. The van der Waals surface area contributed by atoms with Gasteiger partial charge in [-0.05, 0) is 37.8 Å². The molecular formula is C11H17ClN4. The summed E-state index contributed by atoms with van der Waals surface area (Å²) in [4.78, 5) is 10.5.